The molecule has 1 aliphatic heterocycles. The van der Waals surface area contributed by atoms with E-state index in [1.807, 2.05) is 17.9 Å². The number of rotatable bonds is 4. The Hall–Kier alpha value is -2.56. The molecule has 1 fully saturated rings. The lowest BCUT2D eigenvalue weighted by Crippen LogP contribution is -2.30. The molecule has 1 aromatic carbocycles. The number of aromatic carboxylic acids is 1. The summed E-state index contributed by atoms with van der Waals surface area (Å²) in [5.41, 5.74) is 3.64. The molecule has 1 saturated heterocycles. The van der Waals surface area contributed by atoms with Crippen LogP contribution in [0.3, 0.4) is 0 Å². The van der Waals surface area contributed by atoms with Crippen LogP contribution in [0, 0.1) is 13.8 Å². The van der Waals surface area contributed by atoms with Crippen LogP contribution in [-0.2, 0) is 6.42 Å². The van der Waals surface area contributed by atoms with Crippen LogP contribution >= 0.6 is 0 Å². The predicted molar refractivity (Wildman–Crippen MR) is 94.0 cm³/mol. The summed E-state index contributed by atoms with van der Waals surface area (Å²) < 4.78 is 5.57. The third-order valence-electron chi connectivity index (χ3n) is 5.09. The van der Waals surface area contributed by atoms with Crippen LogP contribution in [0.5, 0.6) is 0 Å². The summed E-state index contributed by atoms with van der Waals surface area (Å²) in [6.45, 7) is 6.62. The smallest absolute Gasteiger partial charge is 0.339 e. The van der Waals surface area contributed by atoms with Gasteiger partial charge in [-0.25, -0.2) is 4.79 Å². The molecule has 2 aromatic rings. The highest BCUT2D eigenvalue weighted by Gasteiger charge is 2.34. The van der Waals surface area contributed by atoms with Gasteiger partial charge in [0.05, 0.1) is 6.04 Å². The van der Waals surface area contributed by atoms with E-state index in [9.17, 15) is 14.7 Å². The lowest BCUT2D eigenvalue weighted by Gasteiger charge is -2.26. The van der Waals surface area contributed by atoms with E-state index in [1.54, 1.807) is 0 Å². The van der Waals surface area contributed by atoms with E-state index in [-0.39, 0.29) is 23.3 Å². The van der Waals surface area contributed by atoms with Crippen molar-refractivity contribution in [2.45, 2.75) is 46.1 Å². The Kier molecular flexibility index (Phi) is 4.66. The van der Waals surface area contributed by atoms with Crippen molar-refractivity contribution in [1.82, 2.24) is 4.90 Å². The van der Waals surface area contributed by atoms with Crippen molar-refractivity contribution in [3.63, 3.8) is 0 Å². The second kappa shape index (κ2) is 6.75. The van der Waals surface area contributed by atoms with Gasteiger partial charge >= 0.3 is 5.97 Å². The molecule has 0 bridgehead atoms. The van der Waals surface area contributed by atoms with Gasteiger partial charge in [0.25, 0.3) is 5.91 Å². The number of nitrogens with zero attached hydrogens (tertiary/aromatic N) is 1. The monoisotopic (exact) mass is 341 g/mol. The largest absolute Gasteiger partial charge is 0.478 e. The zero-order valence-electron chi connectivity index (χ0n) is 14.8. The van der Waals surface area contributed by atoms with Crippen molar-refractivity contribution in [3.05, 3.63) is 58.0 Å². The van der Waals surface area contributed by atoms with E-state index in [0.717, 1.165) is 18.4 Å². The maximum Gasteiger partial charge on any atom is 0.339 e. The quantitative estimate of drug-likeness (QED) is 0.907. The van der Waals surface area contributed by atoms with E-state index in [2.05, 4.69) is 26.0 Å². The Morgan fingerprint density at radius 2 is 2.08 bits per heavy atom. The molecule has 0 saturated carbocycles. The van der Waals surface area contributed by atoms with Crippen molar-refractivity contribution in [3.8, 4) is 0 Å². The van der Waals surface area contributed by atoms with E-state index >= 15 is 0 Å². The number of carboxylic acids is 1. The summed E-state index contributed by atoms with van der Waals surface area (Å²) in [4.78, 5) is 26.1. The standard InChI is InChI=1S/C20H23NO4/c1-4-17-15(20(23)24)11-18(25-17)19(22)21-10-6-9-16(21)14-8-5-7-12(2)13(14)3/h5,7-8,11,16H,4,6,9-10H2,1-3H3,(H,23,24). The lowest BCUT2D eigenvalue weighted by molar-refractivity contribution is 0.0687. The summed E-state index contributed by atoms with van der Waals surface area (Å²) in [6, 6.07) is 7.53. The molecule has 1 aliphatic rings. The average Bonchev–Trinajstić information content (AvgIpc) is 3.23. The van der Waals surface area contributed by atoms with Gasteiger partial charge in [-0.15, -0.1) is 0 Å². The molecule has 5 heteroatoms. The Labute approximate surface area is 147 Å². The number of amides is 1. The molecule has 1 aromatic heterocycles. The van der Waals surface area contributed by atoms with Crippen molar-refractivity contribution >= 4 is 11.9 Å². The Bertz CT molecular complexity index is 821. The molecule has 1 N–H and O–H groups in total. The van der Waals surface area contributed by atoms with Crippen LogP contribution < -0.4 is 0 Å². The SMILES string of the molecule is CCc1oc(C(=O)N2CCCC2c2cccc(C)c2C)cc1C(=O)O. The van der Waals surface area contributed by atoms with Gasteiger partial charge in [0, 0.05) is 19.0 Å². The van der Waals surface area contributed by atoms with Crippen LogP contribution in [-0.4, -0.2) is 28.4 Å². The fraction of sp³-hybridized carbons (Fsp3) is 0.400. The highest BCUT2D eigenvalue weighted by Crippen LogP contribution is 2.36. The molecular formula is C20H23NO4. The minimum atomic E-state index is -1.06. The number of aryl methyl sites for hydroxylation is 2. The second-order valence-electron chi connectivity index (χ2n) is 6.55. The summed E-state index contributed by atoms with van der Waals surface area (Å²) >= 11 is 0. The predicted octanol–water partition coefficient (Wildman–Crippen LogP) is 4.13. The molecule has 0 spiro atoms. The molecule has 3 rings (SSSR count). The number of benzene rings is 1. The molecule has 25 heavy (non-hydrogen) atoms. The van der Waals surface area contributed by atoms with Crippen LogP contribution in [0.4, 0.5) is 0 Å². The molecule has 0 aliphatic carbocycles. The first-order chi connectivity index (χ1) is 11.9. The second-order valence-corrected chi connectivity index (χ2v) is 6.55. The third-order valence-corrected chi connectivity index (χ3v) is 5.09. The van der Waals surface area contributed by atoms with Crippen molar-refractivity contribution in [2.24, 2.45) is 0 Å². The van der Waals surface area contributed by atoms with Gasteiger partial charge in [0.2, 0.25) is 0 Å². The number of hydrogen-bond acceptors (Lipinski definition) is 3. The molecular weight excluding hydrogens is 318 g/mol. The molecule has 1 atom stereocenters. The Balaban J connectivity index is 1.94. The van der Waals surface area contributed by atoms with Gasteiger partial charge < -0.3 is 14.4 Å². The average molecular weight is 341 g/mol. The normalized spacial score (nSPS) is 17.1. The number of furan rings is 1. The summed E-state index contributed by atoms with van der Waals surface area (Å²) in [7, 11) is 0. The van der Waals surface area contributed by atoms with E-state index in [1.165, 1.54) is 17.2 Å². The van der Waals surface area contributed by atoms with Gasteiger partial charge in [-0.1, -0.05) is 25.1 Å². The molecule has 1 amide bonds. The number of carbonyl (C=O) groups is 2. The molecule has 2 heterocycles. The van der Waals surface area contributed by atoms with Crippen molar-refractivity contribution in [1.29, 1.82) is 0 Å². The maximum absolute atomic E-state index is 13.0. The van der Waals surface area contributed by atoms with E-state index in [4.69, 9.17) is 4.42 Å². The Morgan fingerprint density at radius 3 is 2.72 bits per heavy atom. The van der Waals surface area contributed by atoms with Crippen LogP contribution in [0.15, 0.2) is 28.7 Å². The topological polar surface area (TPSA) is 70.8 Å². The van der Waals surface area contributed by atoms with Crippen LogP contribution in [0.25, 0.3) is 0 Å². The van der Waals surface area contributed by atoms with Crippen molar-refractivity contribution < 1.29 is 19.1 Å². The van der Waals surface area contributed by atoms with Gasteiger partial charge in [-0.05, 0) is 43.4 Å². The number of carbonyl (C=O) groups excluding carboxylic acids is 1. The van der Waals surface area contributed by atoms with Gasteiger partial charge in [0.15, 0.2) is 5.76 Å². The molecule has 1 unspecified atom stereocenters. The number of hydrogen-bond donors (Lipinski definition) is 1. The minimum absolute atomic E-state index is 0.0101. The zero-order valence-corrected chi connectivity index (χ0v) is 14.8. The van der Waals surface area contributed by atoms with Crippen LogP contribution in [0.1, 0.15) is 69.2 Å². The number of carboxylic acid groups (broad SMARTS) is 1. The maximum atomic E-state index is 13.0. The van der Waals surface area contributed by atoms with E-state index < -0.39 is 5.97 Å². The molecule has 132 valence electrons. The summed E-state index contributed by atoms with van der Waals surface area (Å²) in [5.74, 6) is -0.831. The minimum Gasteiger partial charge on any atom is -0.478 e. The highest BCUT2D eigenvalue weighted by molar-refractivity contribution is 5.96. The lowest BCUT2D eigenvalue weighted by atomic mass is 9.96. The summed E-state index contributed by atoms with van der Waals surface area (Å²) in [5, 5.41) is 9.27. The zero-order chi connectivity index (χ0) is 18.1. The summed E-state index contributed by atoms with van der Waals surface area (Å²) in [6.07, 6.45) is 2.27. The van der Waals surface area contributed by atoms with Gasteiger partial charge in [-0.3, -0.25) is 4.79 Å². The van der Waals surface area contributed by atoms with Gasteiger partial charge in [-0.2, -0.15) is 0 Å². The fourth-order valence-electron chi connectivity index (χ4n) is 3.59. The first kappa shape index (κ1) is 17.3. The number of likely N-dealkylation sites (tertiary alicyclic amines) is 1. The molecule has 0 radical (unpaired) electrons. The third kappa shape index (κ3) is 3.06. The fourth-order valence-corrected chi connectivity index (χ4v) is 3.59. The van der Waals surface area contributed by atoms with E-state index in [0.29, 0.717) is 18.7 Å². The highest BCUT2D eigenvalue weighted by atomic mass is 16.4. The first-order valence-corrected chi connectivity index (χ1v) is 8.67. The van der Waals surface area contributed by atoms with Crippen molar-refractivity contribution in [2.75, 3.05) is 6.54 Å². The molecule has 5 nitrogen and oxygen atoms in total. The van der Waals surface area contributed by atoms with Crippen LogP contribution in [0.2, 0.25) is 0 Å². The Morgan fingerprint density at radius 1 is 1.32 bits per heavy atom. The van der Waals surface area contributed by atoms with Gasteiger partial charge in [0.1, 0.15) is 11.3 Å². The first-order valence-electron chi connectivity index (χ1n) is 8.67.